The number of benzene rings is 3. The third-order valence-electron chi connectivity index (χ3n) is 6.56. The molecule has 8 heteroatoms. The van der Waals surface area contributed by atoms with Gasteiger partial charge in [-0.25, -0.2) is 14.6 Å². The number of para-hydroxylation sites is 2. The summed E-state index contributed by atoms with van der Waals surface area (Å²) in [6.07, 6.45) is 3.66. The van der Waals surface area contributed by atoms with E-state index in [0.29, 0.717) is 28.4 Å². The molecule has 2 heterocycles. The van der Waals surface area contributed by atoms with Crippen molar-refractivity contribution in [2.45, 2.75) is 12.8 Å². The molecule has 3 aromatic rings. The van der Waals surface area contributed by atoms with E-state index in [1.807, 2.05) is 6.07 Å². The van der Waals surface area contributed by atoms with Gasteiger partial charge in [0.15, 0.2) is 0 Å². The topological polar surface area (TPSA) is 79.4 Å². The first-order chi connectivity index (χ1) is 18.0. The van der Waals surface area contributed by atoms with Crippen LogP contribution in [-0.2, 0) is 9.59 Å². The molecule has 0 atom stereocenters. The second kappa shape index (κ2) is 10.2. The molecule has 0 unspecified atom stereocenters. The molecule has 2 aliphatic heterocycles. The van der Waals surface area contributed by atoms with Crippen molar-refractivity contribution in [3.05, 3.63) is 83.9 Å². The van der Waals surface area contributed by atoms with Crippen LogP contribution in [0.25, 0.3) is 6.08 Å². The number of rotatable bonds is 6. The third-order valence-corrected chi connectivity index (χ3v) is 6.56. The van der Waals surface area contributed by atoms with Crippen molar-refractivity contribution in [1.82, 2.24) is 0 Å². The fraction of sp³-hybridized carbons (Fsp3) is 0.207. The van der Waals surface area contributed by atoms with E-state index in [9.17, 15) is 14.4 Å². The first kappa shape index (κ1) is 24.1. The maximum absolute atomic E-state index is 13.7. The first-order valence-electron chi connectivity index (χ1n) is 12.1. The molecule has 0 spiro atoms. The largest absolute Gasteiger partial charge is 0.496 e. The van der Waals surface area contributed by atoms with Crippen molar-refractivity contribution in [2.24, 2.45) is 0 Å². The predicted molar refractivity (Wildman–Crippen MR) is 142 cm³/mol. The Balaban J connectivity index is 1.65. The molecule has 2 fully saturated rings. The van der Waals surface area contributed by atoms with Gasteiger partial charge in [0.2, 0.25) is 0 Å². The lowest BCUT2D eigenvalue weighted by molar-refractivity contribution is -0.121. The normalized spacial score (nSPS) is 15.9. The highest BCUT2D eigenvalue weighted by atomic mass is 16.5. The van der Waals surface area contributed by atoms with Gasteiger partial charge in [0.25, 0.3) is 11.8 Å². The average Bonchev–Trinajstić information content (AvgIpc) is 3.47. The number of methoxy groups -OCH3 is 2. The van der Waals surface area contributed by atoms with Crippen LogP contribution < -0.4 is 24.2 Å². The van der Waals surface area contributed by atoms with Crippen molar-refractivity contribution in [1.29, 1.82) is 0 Å². The van der Waals surface area contributed by atoms with Crippen molar-refractivity contribution < 1.29 is 23.9 Å². The number of urea groups is 1. The SMILES string of the molecule is COc1cc(N2CCCC2)c(OC)cc1C=C1C(=O)N(c2ccccc2)C(=O)N(c2ccccc2)C1=O. The summed E-state index contributed by atoms with van der Waals surface area (Å²) in [5, 5.41) is 0. The molecular weight excluding hydrogens is 470 g/mol. The summed E-state index contributed by atoms with van der Waals surface area (Å²) in [6, 6.07) is 20.0. The van der Waals surface area contributed by atoms with Crippen LogP contribution in [0, 0.1) is 0 Å². The number of nitrogens with zero attached hydrogens (tertiary/aromatic N) is 3. The summed E-state index contributed by atoms with van der Waals surface area (Å²) < 4.78 is 11.3. The Morgan fingerprint density at radius 2 is 1.22 bits per heavy atom. The highest BCUT2D eigenvalue weighted by Gasteiger charge is 2.43. The van der Waals surface area contributed by atoms with Crippen LogP contribution in [0.2, 0.25) is 0 Å². The molecule has 37 heavy (non-hydrogen) atoms. The van der Waals surface area contributed by atoms with Crippen LogP contribution in [-0.4, -0.2) is 45.2 Å². The average molecular weight is 498 g/mol. The molecule has 8 nitrogen and oxygen atoms in total. The Bertz CT molecular complexity index is 1300. The first-order valence-corrected chi connectivity index (χ1v) is 12.1. The van der Waals surface area contributed by atoms with Crippen molar-refractivity contribution in [3.8, 4) is 11.5 Å². The van der Waals surface area contributed by atoms with Gasteiger partial charge in [-0.15, -0.1) is 0 Å². The number of imide groups is 2. The van der Waals surface area contributed by atoms with Gasteiger partial charge in [-0.1, -0.05) is 36.4 Å². The van der Waals surface area contributed by atoms with Crippen LogP contribution in [0.3, 0.4) is 0 Å². The molecule has 188 valence electrons. The van der Waals surface area contributed by atoms with Crippen molar-refractivity contribution in [2.75, 3.05) is 42.0 Å². The zero-order valence-electron chi connectivity index (χ0n) is 20.7. The van der Waals surface area contributed by atoms with E-state index in [2.05, 4.69) is 4.90 Å². The summed E-state index contributed by atoms with van der Waals surface area (Å²) >= 11 is 0. The van der Waals surface area contributed by atoms with E-state index in [4.69, 9.17) is 9.47 Å². The minimum atomic E-state index is -0.738. The highest BCUT2D eigenvalue weighted by Crippen LogP contribution is 2.39. The number of ether oxygens (including phenoxy) is 2. The maximum Gasteiger partial charge on any atom is 0.343 e. The van der Waals surface area contributed by atoms with Gasteiger partial charge in [-0.2, -0.15) is 0 Å². The molecule has 2 aliphatic rings. The second-order valence-corrected chi connectivity index (χ2v) is 8.75. The van der Waals surface area contributed by atoms with E-state index in [-0.39, 0.29) is 5.57 Å². The Labute approximate surface area is 215 Å². The lowest BCUT2D eigenvalue weighted by Gasteiger charge is -2.34. The van der Waals surface area contributed by atoms with E-state index in [1.54, 1.807) is 73.8 Å². The number of hydrogen-bond acceptors (Lipinski definition) is 6. The number of barbiturate groups is 1. The molecule has 0 saturated carbocycles. The number of amides is 4. The Morgan fingerprint density at radius 1 is 0.703 bits per heavy atom. The minimum absolute atomic E-state index is 0.165. The lowest BCUT2D eigenvalue weighted by Crippen LogP contribution is -2.57. The standard InChI is InChI=1S/C29H27N3O5/c1-36-25-19-24(30-15-9-10-16-30)26(37-2)18-20(25)17-23-27(33)31(21-11-5-3-6-12-21)29(35)32(28(23)34)22-13-7-4-8-14-22/h3-8,11-14,17-19H,9-10,15-16H2,1-2H3. The van der Waals surface area contributed by atoms with Crippen LogP contribution in [0.5, 0.6) is 11.5 Å². The smallest absolute Gasteiger partial charge is 0.343 e. The molecule has 3 aromatic carbocycles. The van der Waals surface area contributed by atoms with Gasteiger partial charge < -0.3 is 14.4 Å². The quantitative estimate of drug-likeness (QED) is 0.357. The Kier molecular flexibility index (Phi) is 6.64. The van der Waals surface area contributed by atoms with Crippen LogP contribution in [0.15, 0.2) is 78.4 Å². The van der Waals surface area contributed by atoms with Crippen LogP contribution in [0.1, 0.15) is 18.4 Å². The van der Waals surface area contributed by atoms with Gasteiger partial charge in [-0.05, 0) is 49.2 Å². The van der Waals surface area contributed by atoms with Gasteiger partial charge in [0, 0.05) is 24.7 Å². The molecule has 5 rings (SSSR count). The number of carbonyl (C=O) groups is 3. The van der Waals surface area contributed by atoms with E-state index in [1.165, 1.54) is 13.2 Å². The number of hydrogen-bond donors (Lipinski definition) is 0. The lowest BCUT2D eigenvalue weighted by atomic mass is 10.0. The fourth-order valence-electron chi connectivity index (χ4n) is 4.72. The van der Waals surface area contributed by atoms with Crippen molar-refractivity contribution >= 4 is 41.0 Å². The predicted octanol–water partition coefficient (Wildman–Crippen LogP) is 4.89. The minimum Gasteiger partial charge on any atom is -0.496 e. The summed E-state index contributed by atoms with van der Waals surface area (Å²) in [6.45, 7) is 1.83. The summed E-state index contributed by atoms with van der Waals surface area (Å²) in [4.78, 5) is 45.1. The van der Waals surface area contributed by atoms with E-state index in [0.717, 1.165) is 41.4 Å². The second-order valence-electron chi connectivity index (χ2n) is 8.75. The van der Waals surface area contributed by atoms with Gasteiger partial charge in [0.1, 0.15) is 17.1 Å². The summed E-state index contributed by atoms with van der Waals surface area (Å²) in [7, 11) is 3.13. The van der Waals surface area contributed by atoms with Gasteiger partial charge >= 0.3 is 6.03 Å². The molecule has 0 N–H and O–H groups in total. The Morgan fingerprint density at radius 3 is 1.70 bits per heavy atom. The molecule has 0 aromatic heterocycles. The molecule has 0 bridgehead atoms. The molecule has 4 amide bonds. The molecule has 2 saturated heterocycles. The summed E-state index contributed by atoms with van der Waals surface area (Å²) in [5.74, 6) is -0.317. The van der Waals surface area contributed by atoms with E-state index >= 15 is 0 Å². The molecular formula is C29H27N3O5. The van der Waals surface area contributed by atoms with Crippen LogP contribution >= 0.6 is 0 Å². The maximum atomic E-state index is 13.7. The molecule has 0 aliphatic carbocycles. The van der Waals surface area contributed by atoms with E-state index < -0.39 is 17.8 Å². The monoisotopic (exact) mass is 497 g/mol. The van der Waals surface area contributed by atoms with Crippen molar-refractivity contribution in [3.63, 3.8) is 0 Å². The zero-order chi connectivity index (χ0) is 25.9. The third kappa shape index (κ3) is 4.42. The number of anilines is 3. The van der Waals surface area contributed by atoms with Gasteiger partial charge in [0.05, 0.1) is 31.3 Å². The Hall–Kier alpha value is -4.59. The number of carbonyl (C=O) groups excluding carboxylic acids is 3. The summed E-state index contributed by atoms with van der Waals surface area (Å²) in [5.41, 5.74) is 1.96. The molecule has 0 radical (unpaired) electrons. The zero-order valence-corrected chi connectivity index (χ0v) is 20.7. The fourth-order valence-corrected chi connectivity index (χ4v) is 4.72. The highest BCUT2D eigenvalue weighted by molar-refractivity contribution is 6.46. The van der Waals surface area contributed by atoms with Gasteiger partial charge in [-0.3, -0.25) is 9.59 Å². The van der Waals surface area contributed by atoms with Crippen LogP contribution in [0.4, 0.5) is 21.9 Å².